The first-order chi connectivity index (χ1) is 10.5. The fourth-order valence-electron chi connectivity index (χ4n) is 4.07. The summed E-state index contributed by atoms with van der Waals surface area (Å²) in [5, 5.41) is 0. The van der Waals surface area contributed by atoms with Gasteiger partial charge in [-0.2, -0.15) is 17.0 Å². The van der Waals surface area contributed by atoms with Crippen LogP contribution >= 0.6 is 0 Å². The molecule has 0 bridgehead atoms. The molecular weight excluding hydrogens is 302 g/mol. The third-order valence-electron chi connectivity index (χ3n) is 5.36. The molecule has 0 N–H and O–H groups in total. The first-order valence-electron chi connectivity index (χ1n) is 8.48. The Labute approximate surface area is 134 Å². The van der Waals surface area contributed by atoms with Crippen molar-refractivity contribution in [2.24, 2.45) is 11.8 Å². The topological polar surface area (TPSA) is 53.1 Å². The normalized spacial score (nSPS) is 32.5. The Kier molecular flexibility index (Phi) is 5.09. The zero-order valence-corrected chi connectivity index (χ0v) is 14.6. The van der Waals surface area contributed by atoms with Crippen LogP contribution in [0.5, 0.6) is 0 Å². The van der Waals surface area contributed by atoms with Crippen molar-refractivity contribution < 1.29 is 13.2 Å². The van der Waals surface area contributed by atoms with E-state index < -0.39 is 10.2 Å². The molecule has 7 heteroatoms. The van der Waals surface area contributed by atoms with Crippen LogP contribution in [-0.2, 0) is 14.9 Å². The zero-order chi connectivity index (χ0) is 15.7. The molecular formula is C15H29N3O3S. The summed E-state index contributed by atoms with van der Waals surface area (Å²) in [5.41, 5.74) is 0. The summed E-state index contributed by atoms with van der Waals surface area (Å²) >= 11 is 0. The molecule has 0 unspecified atom stereocenters. The van der Waals surface area contributed by atoms with Crippen molar-refractivity contribution in [3.63, 3.8) is 0 Å². The van der Waals surface area contributed by atoms with Crippen LogP contribution in [0.2, 0.25) is 0 Å². The number of hydrogen-bond donors (Lipinski definition) is 0. The van der Waals surface area contributed by atoms with E-state index in [1.807, 2.05) is 0 Å². The van der Waals surface area contributed by atoms with Crippen LogP contribution in [-0.4, -0.2) is 81.5 Å². The summed E-state index contributed by atoms with van der Waals surface area (Å²) in [4.78, 5) is 2.51. The lowest BCUT2D eigenvalue weighted by Gasteiger charge is -2.26. The first kappa shape index (κ1) is 16.6. The van der Waals surface area contributed by atoms with E-state index in [0.29, 0.717) is 19.0 Å². The minimum absolute atomic E-state index is 0.0586. The Bertz CT molecular complexity index is 476. The molecule has 3 aliphatic rings. The van der Waals surface area contributed by atoms with Crippen molar-refractivity contribution in [2.75, 3.05) is 53.4 Å². The molecule has 2 atom stereocenters. The molecule has 22 heavy (non-hydrogen) atoms. The lowest BCUT2D eigenvalue weighted by atomic mass is 10.0. The highest BCUT2D eigenvalue weighted by molar-refractivity contribution is 7.86. The minimum Gasteiger partial charge on any atom is -0.375 e. The number of ether oxygens (including phenoxy) is 1. The molecule has 0 radical (unpaired) electrons. The van der Waals surface area contributed by atoms with E-state index >= 15 is 0 Å². The summed E-state index contributed by atoms with van der Waals surface area (Å²) in [6, 6.07) is 0. The predicted octanol–water partition coefficient (Wildman–Crippen LogP) is 0.616. The van der Waals surface area contributed by atoms with Gasteiger partial charge in [-0.3, -0.25) is 0 Å². The van der Waals surface area contributed by atoms with Crippen LogP contribution in [0.1, 0.15) is 25.7 Å². The van der Waals surface area contributed by atoms with Gasteiger partial charge in [-0.1, -0.05) is 12.8 Å². The molecule has 0 spiro atoms. The fourth-order valence-corrected chi connectivity index (χ4v) is 5.24. The van der Waals surface area contributed by atoms with Gasteiger partial charge in [-0.05, 0) is 18.8 Å². The summed E-state index contributed by atoms with van der Waals surface area (Å²) in [6.45, 7) is 4.94. The molecule has 0 amide bonds. The van der Waals surface area contributed by atoms with Crippen LogP contribution in [0.25, 0.3) is 0 Å². The number of rotatable bonds is 4. The molecule has 1 aliphatic carbocycles. The van der Waals surface area contributed by atoms with Gasteiger partial charge in [0.2, 0.25) is 0 Å². The second kappa shape index (κ2) is 6.73. The summed E-state index contributed by atoms with van der Waals surface area (Å²) < 4.78 is 33.5. The molecule has 3 rings (SSSR count). The van der Waals surface area contributed by atoms with Gasteiger partial charge in [0, 0.05) is 52.7 Å². The minimum atomic E-state index is -3.32. The summed E-state index contributed by atoms with van der Waals surface area (Å²) in [5.74, 6) is 1.14. The van der Waals surface area contributed by atoms with Gasteiger partial charge in [-0.15, -0.1) is 0 Å². The number of hydrogen-bond acceptors (Lipinski definition) is 4. The molecule has 0 aromatic carbocycles. The van der Waals surface area contributed by atoms with E-state index in [9.17, 15) is 8.42 Å². The van der Waals surface area contributed by atoms with Gasteiger partial charge in [0.1, 0.15) is 0 Å². The van der Waals surface area contributed by atoms with Gasteiger partial charge in [-0.25, -0.2) is 0 Å². The number of fused-ring (bicyclic) bond motifs is 1. The monoisotopic (exact) mass is 331 g/mol. The largest absolute Gasteiger partial charge is 0.375 e. The van der Waals surface area contributed by atoms with Gasteiger partial charge >= 0.3 is 0 Å². The van der Waals surface area contributed by atoms with Crippen LogP contribution in [0.4, 0.5) is 0 Å². The Hall–Kier alpha value is -0.210. The van der Waals surface area contributed by atoms with E-state index in [2.05, 4.69) is 4.90 Å². The van der Waals surface area contributed by atoms with Gasteiger partial charge in [0.15, 0.2) is 0 Å². The standard InChI is InChI=1S/C15H29N3O3S/c1-16(2)22(19,20)18-11-14-10-17(7-8-21-15(14)12-18)9-13-5-3-4-6-13/h13-15H,3-12H2,1-2H3/t14-,15+/m1/s1. The SMILES string of the molecule is CN(C)S(=O)(=O)N1C[C@H]2CN(CC3CCCC3)CCO[C@H]2C1. The van der Waals surface area contributed by atoms with Gasteiger partial charge < -0.3 is 9.64 Å². The molecule has 3 fully saturated rings. The van der Waals surface area contributed by atoms with Crippen LogP contribution in [0, 0.1) is 11.8 Å². The van der Waals surface area contributed by atoms with E-state index in [0.717, 1.165) is 32.2 Å². The highest BCUT2D eigenvalue weighted by Crippen LogP contribution is 2.29. The zero-order valence-electron chi connectivity index (χ0n) is 13.8. The van der Waals surface area contributed by atoms with Crippen molar-refractivity contribution in [1.29, 1.82) is 0 Å². The maximum Gasteiger partial charge on any atom is 0.281 e. The maximum absolute atomic E-state index is 12.3. The molecule has 2 heterocycles. The number of nitrogens with zero attached hydrogens (tertiary/aromatic N) is 3. The lowest BCUT2D eigenvalue weighted by molar-refractivity contribution is 0.0544. The molecule has 0 aromatic rings. The average Bonchev–Trinajstić information content (AvgIpc) is 3.06. The van der Waals surface area contributed by atoms with Crippen LogP contribution in [0.3, 0.4) is 0 Å². The Morgan fingerprint density at radius 2 is 1.86 bits per heavy atom. The van der Waals surface area contributed by atoms with Crippen LogP contribution < -0.4 is 0 Å². The van der Waals surface area contributed by atoms with E-state index in [4.69, 9.17) is 4.74 Å². The molecule has 128 valence electrons. The quantitative estimate of drug-likeness (QED) is 0.758. The third kappa shape index (κ3) is 3.48. The third-order valence-corrected chi connectivity index (χ3v) is 7.23. The highest BCUT2D eigenvalue weighted by Gasteiger charge is 2.42. The summed E-state index contributed by atoms with van der Waals surface area (Å²) in [7, 11) is -0.130. The summed E-state index contributed by atoms with van der Waals surface area (Å²) in [6.07, 6.45) is 5.51. The van der Waals surface area contributed by atoms with Gasteiger partial charge in [0.25, 0.3) is 10.2 Å². The van der Waals surface area contributed by atoms with Crippen molar-refractivity contribution in [1.82, 2.24) is 13.5 Å². The molecule has 0 aromatic heterocycles. The molecule has 2 saturated heterocycles. The Morgan fingerprint density at radius 1 is 1.14 bits per heavy atom. The van der Waals surface area contributed by atoms with Crippen molar-refractivity contribution >= 4 is 10.2 Å². The fraction of sp³-hybridized carbons (Fsp3) is 1.00. The van der Waals surface area contributed by atoms with Crippen molar-refractivity contribution in [3.05, 3.63) is 0 Å². The molecule has 1 saturated carbocycles. The predicted molar refractivity (Wildman–Crippen MR) is 85.8 cm³/mol. The average molecular weight is 331 g/mol. The van der Waals surface area contributed by atoms with Crippen LogP contribution in [0.15, 0.2) is 0 Å². The highest BCUT2D eigenvalue weighted by atomic mass is 32.2. The molecule has 6 nitrogen and oxygen atoms in total. The van der Waals surface area contributed by atoms with Crippen molar-refractivity contribution in [3.8, 4) is 0 Å². The molecule has 2 aliphatic heterocycles. The van der Waals surface area contributed by atoms with Gasteiger partial charge in [0.05, 0.1) is 12.7 Å². The smallest absolute Gasteiger partial charge is 0.281 e. The van der Waals surface area contributed by atoms with E-state index in [1.165, 1.54) is 30.0 Å². The second-order valence-corrected chi connectivity index (χ2v) is 9.33. The van der Waals surface area contributed by atoms with E-state index in [-0.39, 0.29) is 6.10 Å². The lowest BCUT2D eigenvalue weighted by Crippen LogP contribution is -2.40. The first-order valence-corrected chi connectivity index (χ1v) is 9.88. The second-order valence-electron chi connectivity index (χ2n) is 7.19. The van der Waals surface area contributed by atoms with Crippen molar-refractivity contribution in [2.45, 2.75) is 31.8 Å². The van der Waals surface area contributed by atoms with E-state index in [1.54, 1.807) is 18.4 Å². The Balaban J connectivity index is 1.61. The maximum atomic E-state index is 12.3. The Morgan fingerprint density at radius 3 is 2.55 bits per heavy atom.